The summed E-state index contributed by atoms with van der Waals surface area (Å²) < 4.78 is 15.2. The molecule has 0 atom stereocenters. The van der Waals surface area contributed by atoms with E-state index in [0.717, 1.165) is 19.4 Å². The van der Waals surface area contributed by atoms with Crippen LogP contribution in [0.4, 0.5) is 0 Å². The van der Waals surface area contributed by atoms with Crippen molar-refractivity contribution in [1.29, 1.82) is 0 Å². The minimum absolute atomic E-state index is 0.242. The summed E-state index contributed by atoms with van der Waals surface area (Å²) in [4.78, 5) is 2.13. The number of unbranched alkanes of at least 4 members (excludes halogenated alkanes) is 1. The molecular formula is C11H25NO5. The lowest BCUT2D eigenvalue weighted by Crippen LogP contribution is -2.27. The van der Waals surface area contributed by atoms with Crippen LogP contribution >= 0.6 is 0 Å². The third kappa shape index (κ3) is 12.0. The third-order valence-corrected chi connectivity index (χ3v) is 2.14. The number of hydrogen-bond donors (Lipinski definition) is 2. The Morgan fingerprint density at radius 3 is 2.06 bits per heavy atom. The number of ether oxygens (including phenoxy) is 3. The molecule has 104 valence electrons. The standard InChI is InChI=1S/C11H25NO5/c1-12(2)5-3-4-6-17-11(7-15-9-13)8-16-10-14/h11,13-14H,3-10H2,1-2H3. The highest BCUT2D eigenvalue weighted by Crippen LogP contribution is 1.99. The van der Waals surface area contributed by atoms with Crippen molar-refractivity contribution < 1.29 is 24.4 Å². The van der Waals surface area contributed by atoms with Crippen LogP contribution < -0.4 is 0 Å². The van der Waals surface area contributed by atoms with Gasteiger partial charge in [-0.25, -0.2) is 0 Å². The molecule has 0 aromatic rings. The summed E-state index contributed by atoms with van der Waals surface area (Å²) in [6.07, 6.45) is 1.79. The van der Waals surface area contributed by atoms with Gasteiger partial charge in [0, 0.05) is 6.61 Å². The lowest BCUT2D eigenvalue weighted by atomic mass is 10.3. The Balaban J connectivity index is 3.52. The number of hydrogen-bond acceptors (Lipinski definition) is 6. The molecule has 0 unspecified atom stereocenters. The summed E-state index contributed by atoms with van der Waals surface area (Å²) in [5.74, 6) is 0. The molecule has 0 radical (unpaired) electrons. The highest BCUT2D eigenvalue weighted by atomic mass is 16.6. The molecule has 0 heterocycles. The van der Waals surface area contributed by atoms with Crippen LogP contribution in [0.3, 0.4) is 0 Å². The normalized spacial score (nSPS) is 11.6. The van der Waals surface area contributed by atoms with Crippen LogP contribution in [0.2, 0.25) is 0 Å². The summed E-state index contributed by atoms with van der Waals surface area (Å²) in [5.41, 5.74) is 0. The molecule has 17 heavy (non-hydrogen) atoms. The summed E-state index contributed by atoms with van der Waals surface area (Å²) in [5, 5.41) is 17.1. The molecular weight excluding hydrogens is 226 g/mol. The number of rotatable bonds is 12. The van der Waals surface area contributed by atoms with Gasteiger partial charge >= 0.3 is 0 Å². The molecule has 0 fully saturated rings. The van der Waals surface area contributed by atoms with Gasteiger partial charge in [0.15, 0.2) is 0 Å². The quantitative estimate of drug-likeness (QED) is 0.365. The van der Waals surface area contributed by atoms with Gasteiger partial charge in [0.2, 0.25) is 0 Å². The van der Waals surface area contributed by atoms with E-state index in [2.05, 4.69) is 4.90 Å². The van der Waals surface area contributed by atoms with Crippen LogP contribution in [-0.4, -0.2) is 75.3 Å². The fourth-order valence-corrected chi connectivity index (χ4v) is 1.29. The predicted octanol–water partition coefficient (Wildman–Crippen LogP) is -0.354. The summed E-state index contributed by atoms with van der Waals surface area (Å²) in [6, 6.07) is 0. The average molecular weight is 251 g/mol. The SMILES string of the molecule is CN(C)CCCCOC(COCO)COCO. The van der Waals surface area contributed by atoms with Gasteiger partial charge in [-0.05, 0) is 33.5 Å². The molecule has 2 N–H and O–H groups in total. The highest BCUT2D eigenvalue weighted by molar-refractivity contribution is 4.55. The van der Waals surface area contributed by atoms with E-state index in [0.29, 0.717) is 6.61 Å². The maximum atomic E-state index is 8.54. The van der Waals surface area contributed by atoms with Crippen molar-refractivity contribution in [3.8, 4) is 0 Å². The maximum absolute atomic E-state index is 8.54. The Morgan fingerprint density at radius 1 is 1.00 bits per heavy atom. The van der Waals surface area contributed by atoms with E-state index in [9.17, 15) is 0 Å². The van der Waals surface area contributed by atoms with E-state index >= 15 is 0 Å². The van der Waals surface area contributed by atoms with E-state index < -0.39 is 0 Å². The summed E-state index contributed by atoms with van der Waals surface area (Å²) >= 11 is 0. The Bertz CT molecular complexity index is 149. The van der Waals surface area contributed by atoms with Crippen molar-refractivity contribution in [3.63, 3.8) is 0 Å². The van der Waals surface area contributed by atoms with Crippen molar-refractivity contribution in [1.82, 2.24) is 4.90 Å². The van der Waals surface area contributed by atoms with E-state index in [-0.39, 0.29) is 32.9 Å². The molecule has 0 aromatic carbocycles. The second-order valence-electron chi connectivity index (χ2n) is 4.00. The molecule has 0 aliphatic heterocycles. The molecule has 0 saturated carbocycles. The molecule has 0 saturated heterocycles. The molecule has 0 aliphatic carbocycles. The average Bonchev–Trinajstić information content (AvgIpc) is 2.30. The van der Waals surface area contributed by atoms with Crippen LogP contribution in [-0.2, 0) is 14.2 Å². The van der Waals surface area contributed by atoms with Crippen LogP contribution in [0, 0.1) is 0 Å². The first-order chi connectivity index (χ1) is 8.20. The fraction of sp³-hybridized carbons (Fsp3) is 1.00. The monoisotopic (exact) mass is 251 g/mol. The maximum Gasteiger partial charge on any atom is 0.143 e. The third-order valence-electron chi connectivity index (χ3n) is 2.14. The van der Waals surface area contributed by atoms with Crippen molar-refractivity contribution in [3.05, 3.63) is 0 Å². The van der Waals surface area contributed by atoms with Crippen LogP contribution in [0.1, 0.15) is 12.8 Å². The second-order valence-corrected chi connectivity index (χ2v) is 4.00. The Labute approximate surface area is 103 Å². The number of aliphatic hydroxyl groups excluding tert-OH is 2. The van der Waals surface area contributed by atoms with Crippen molar-refractivity contribution in [2.45, 2.75) is 18.9 Å². The highest BCUT2D eigenvalue weighted by Gasteiger charge is 2.09. The minimum atomic E-state index is -0.334. The van der Waals surface area contributed by atoms with Crippen LogP contribution in [0.15, 0.2) is 0 Å². The first-order valence-electron chi connectivity index (χ1n) is 5.84. The molecule has 0 bridgehead atoms. The first kappa shape index (κ1) is 16.8. The zero-order valence-corrected chi connectivity index (χ0v) is 10.8. The van der Waals surface area contributed by atoms with E-state index in [1.807, 2.05) is 14.1 Å². The molecule has 0 aromatic heterocycles. The van der Waals surface area contributed by atoms with Gasteiger partial charge < -0.3 is 29.3 Å². The van der Waals surface area contributed by atoms with Crippen molar-refractivity contribution >= 4 is 0 Å². The van der Waals surface area contributed by atoms with Crippen LogP contribution in [0.25, 0.3) is 0 Å². The molecule has 6 nitrogen and oxygen atoms in total. The molecule has 0 amide bonds. The fourth-order valence-electron chi connectivity index (χ4n) is 1.29. The Kier molecular flexibility index (Phi) is 12.1. The van der Waals surface area contributed by atoms with Gasteiger partial charge in [0.25, 0.3) is 0 Å². The molecule has 6 heteroatoms. The van der Waals surface area contributed by atoms with Gasteiger partial charge in [-0.15, -0.1) is 0 Å². The van der Waals surface area contributed by atoms with Crippen molar-refractivity contribution in [2.75, 3.05) is 54.0 Å². The number of nitrogens with zero attached hydrogens (tertiary/aromatic N) is 1. The van der Waals surface area contributed by atoms with Gasteiger partial charge in [0.1, 0.15) is 19.7 Å². The largest absolute Gasteiger partial charge is 0.373 e. The molecule has 0 aliphatic rings. The van der Waals surface area contributed by atoms with E-state index in [1.165, 1.54) is 0 Å². The van der Waals surface area contributed by atoms with Crippen molar-refractivity contribution in [2.24, 2.45) is 0 Å². The van der Waals surface area contributed by atoms with Gasteiger partial charge in [-0.2, -0.15) is 0 Å². The number of aliphatic hydroxyl groups is 2. The Morgan fingerprint density at radius 2 is 1.59 bits per heavy atom. The van der Waals surface area contributed by atoms with Gasteiger partial charge in [-0.3, -0.25) is 0 Å². The lowest BCUT2D eigenvalue weighted by molar-refractivity contribution is -0.108. The summed E-state index contributed by atoms with van der Waals surface area (Å²) in [7, 11) is 4.07. The zero-order valence-electron chi connectivity index (χ0n) is 10.8. The molecule has 0 spiro atoms. The van der Waals surface area contributed by atoms with Gasteiger partial charge in [-0.1, -0.05) is 0 Å². The smallest absolute Gasteiger partial charge is 0.143 e. The predicted molar refractivity (Wildman–Crippen MR) is 63.6 cm³/mol. The zero-order chi connectivity index (χ0) is 12.9. The van der Waals surface area contributed by atoms with Gasteiger partial charge in [0.05, 0.1) is 13.2 Å². The molecule has 0 rings (SSSR count). The summed E-state index contributed by atoms with van der Waals surface area (Å²) in [6.45, 7) is 1.53. The van der Waals surface area contributed by atoms with E-state index in [4.69, 9.17) is 24.4 Å². The Hall–Kier alpha value is -0.240. The topological polar surface area (TPSA) is 71.4 Å². The lowest BCUT2D eigenvalue weighted by Gasteiger charge is -2.17. The minimum Gasteiger partial charge on any atom is -0.373 e. The van der Waals surface area contributed by atoms with Crippen LogP contribution in [0.5, 0.6) is 0 Å². The second kappa shape index (κ2) is 12.2. The van der Waals surface area contributed by atoms with E-state index in [1.54, 1.807) is 0 Å². The first-order valence-corrected chi connectivity index (χ1v) is 5.84.